The Morgan fingerprint density at radius 2 is 1.55 bits per heavy atom. The van der Waals surface area contributed by atoms with E-state index in [1.54, 1.807) is 24.2 Å². The molecule has 1 amide bonds. The first-order chi connectivity index (χ1) is 14.2. The molecule has 3 aromatic carbocycles. The molecule has 0 aromatic heterocycles. The minimum absolute atomic E-state index is 0.431. The number of carbonyl (C=O) groups excluding carboxylic acids is 1. The van der Waals surface area contributed by atoms with E-state index < -0.39 is 12.3 Å². The summed E-state index contributed by atoms with van der Waals surface area (Å²) in [5, 5.41) is 1.67. The molecule has 3 aromatic rings. The van der Waals surface area contributed by atoms with Crippen molar-refractivity contribution in [2.24, 2.45) is 0 Å². The summed E-state index contributed by atoms with van der Waals surface area (Å²) in [5.41, 5.74) is 2.54. The van der Waals surface area contributed by atoms with E-state index >= 15 is 0 Å². The van der Waals surface area contributed by atoms with Gasteiger partial charge in [-0.05, 0) is 23.8 Å². The lowest BCUT2D eigenvalue weighted by Crippen LogP contribution is -2.32. The lowest BCUT2D eigenvalue weighted by atomic mass is 10.1. The van der Waals surface area contributed by atoms with Crippen LogP contribution in [0.4, 0.5) is 10.5 Å². The van der Waals surface area contributed by atoms with Gasteiger partial charge in [-0.25, -0.2) is 4.79 Å². The number of para-hydroxylation sites is 2. The second-order valence-electron chi connectivity index (χ2n) is 6.58. The molecule has 0 saturated carbocycles. The molecule has 1 aliphatic rings. The molecular formula is C23H22N2O4. The zero-order valence-corrected chi connectivity index (χ0v) is 16.3. The summed E-state index contributed by atoms with van der Waals surface area (Å²) >= 11 is 0. The molecule has 1 unspecified atom stereocenters. The summed E-state index contributed by atoms with van der Waals surface area (Å²) < 4.78 is 11.1. The van der Waals surface area contributed by atoms with Gasteiger partial charge in [0, 0.05) is 11.3 Å². The van der Waals surface area contributed by atoms with Crippen LogP contribution in [0, 0.1) is 0 Å². The second-order valence-corrected chi connectivity index (χ2v) is 6.58. The predicted octanol–water partition coefficient (Wildman–Crippen LogP) is 4.78. The van der Waals surface area contributed by atoms with Gasteiger partial charge in [-0.3, -0.25) is 4.90 Å². The third-order valence-corrected chi connectivity index (χ3v) is 4.84. The molecule has 1 atom stereocenters. The minimum Gasteiger partial charge on any atom is -0.493 e. The third-order valence-electron chi connectivity index (χ3n) is 4.84. The molecule has 1 fully saturated rings. The summed E-state index contributed by atoms with van der Waals surface area (Å²) in [6.07, 6.45) is -0.961. The first kappa shape index (κ1) is 18.8. The van der Waals surface area contributed by atoms with Crippen molar-refractivity contribution in [3.05, 3.63) is 90.0 Å². The van der Waals surface area contributed by atoms with Crippen molar-refractivity contribution < 1.29 is 19.1 Å². The normalized spacial score (nSPS) is 16.6. The lowest BCUT2D eigenvalue weighted by Gasteiger charge is -2.28. The standard InChI is InChI=1S/C23H22N2O4/c1-27-20-15-9-14-19(21(20)28-2)22-24(16-17-10-5-3-6-11-17)29-23(26)25(22)18-12-7-4-8-13-18/h3-15,22H,16H2,1-2H3. The van der Waals surface area contributed by atoms with Crippen LogP contribution in [0.3, 0.4) is 0 Å². The van der Waals surface area contributed by atoms with Gasteiger partial charge in [-0.2, -0.15) is 0 Å². The number of anilines is 1. The van der Waals surface area contributed by atoms with Gasteiger partial charge in [0.05, 0.1) is 20.8 Å². The maximum atomic E-state index is 12.9. The number of nitrogens with zero attached hydrogens (tertiary/aromatic N) is 2. The van der Waals surface area contributed by atoms with Crippen LogP contribution in [-0.2, 0) is 11.4 Å². The van der Waals surface area contributed by atoms with Gasteiger partial charge in [-0.1, -0.05) is 60.7 Å². The summed E-state index contributed by atoms with van der Waals surface area (Å²) in [6, 6.07) is 25.0. The molecule has 1 aliphatic heterocycles. The van der Waals surface area contributed by atoms with Crippen molar-refractivity contribution in [3.8, 4) is 11.5 Å². The van der Waals surface area contributed by atoms with E-state index in [9.17, 15) is 4.79 Å². The smallest absolute Gasteiger partial charge is 0.435 e. The van der Waals surface area contributed by atoms with Crippen LogP contribution in [-0.4, -0.2) is 25.4 Å². The average molecular weight is 390 g/mol. The van der Waals surface area contributed by atoms with Crippen molar-refractivity contribution in [1.82, 2.24) is 5.06 Å². The topological polar surface area (TPSA) is 51.2 Å². The quantitative estimate of drug-likeness (QED) is 0.606. The number of rotatable bonds is 6. The van der Waals surface area contributed by atoms with Crippen LogP contribution >= 0.6 is 0 Å². The largest absolute Gasteiger partial charge is 0.493 e. The van der Waals surface area contributed by atoms with Gasteiger partial charge in [0.25, 0.3) is 0 Å². The van der Waals surface area contributed by atoms with Gasteiger partial charge in [0.1, 0.15) is 0 Å². The molecule has 4 rings (SSSR count). The number of hydrogen-bond donors (Lipinski definition) is 0. The Morgan fingerprint density at radius 1 is 0.862 bits per heavy atom. The Balaban J connectivity index is 1.82. The average Bonchev–Trinajstić information content (AvgIpc) is 3.09. The fraction of sp³-hybridized carbons (Fsp3) is 0.174. The van der Waals surface area contributed by atoms with E-state index in [0.717, 1.165) is 16.8 Å². The summed E-state index contributed by atoms with van der Waals surface area (Å²) in [5.74, 6) is 1.16. The molecule has 0 aliphatic carbocycles. The van der Waals surface area contributed by atoms with Gasteiger partial charge >= 0.3 is 6.09 Å². The van der Waals surface area contributed by atoms with Gasteiger partial charge in [0.15, 0.2) is 17.7 Å². The van der Waals surface area contributed by atoms with Gasteiger partial charge in [0.2, 0.25) is 0 Å². The van der Waals surface area contributed by atoms with Crippen molar-refractivity contribution in [2.45, 2.75) is 12.7 Å². The molecule has 148 valence electrons. The number of carbonyl (C=O) groups is 1. The van der Waals surface area contributed by atoms with Crippen molar-refractivity contribution in [1.29, 1.82) is 0 Å². The maximum absolute atomic E-state index is 12.9. The fourth-order valence-corrected chi connectivity index (χ4v) is 3.55. The summed E-state index contributed by atoms with van der Waals surface area (Å²) in [4.78, 5) is 20.2. The molecule has 6 heteroatoms. The van der Waals surface area contributed by atoms with Crippen molar-refractivity contribution in [2.75, 3.05) is 19.1 Å². The maximum Gasteiger partial charge on any atom is 0.435 e. The first-order valence-corrected chi connectivity index (χ1v) is 9.30. The van der Waals surface area contributed by atoms with E-state index in [1.807, 2.05) is 78.9 Å². The third kappa shape index (κ3) is 3.62. The zero-order chi connectivity index (χ0) is 20.2. The number of benzene rings is 3. The van der Waals surface area contributed by atoms with Crippen LogP contribution < -0.4 is 14.4 Å². The van der Waals surface area contributed by atoms with E-state index in [2.05, 4.69) is 0 Å². The van der Waals surface area contributed by atoms with E-state index in [4.69, 9.17) is 14.3 Å². The number of amides is 1. The molecule has 29 heavy (non-hydrogen) atoms. The van der Waals surface area contributed by atoms with Crippen LogP contribution in [0.25, 0.3) is 0 Å². The fourth-order valence-electron chi connectivity index (χ4n) is 3.55. The molecule has 0 radical (unpaired) electrons. The van der Waals surface area contributed by atoms with E-state index in [1.165, 1.54) is 0 Å². The van der Waals surface area contributed by atoms with Crippen molar-refractivity contribution >= 4 is 11.8 Å². The Bertz CT molecular complexity index is 979. The SMILES string of the molecule is COc1cccc(C2N(Cc3ccccc3)OC(=O)N2c2ccccc2)c1OC. The Kier molecular flexibility index (Phi) is 5.35. The number of hydroxylamine groups is 2. The highest BCUT2D eigenvalue weighted by Crippen LogP contribution is 2.43. The second kappa shape index (κ2) is 8.24. The van der Waals surface area contributed by atoms with Crippen LogP contribution in [0.1, 0.15) is 17.3 Å². The van der Waals surface area contributed by atoms with Crippen molar-refractivity contribution in [3.63, 3.8) is 0 Å². The highest BCUT2D eigenvalue weighted by atomic mass is 16.7. The van der Waals surface area contributed by atoms with E-state index in [0.29, 0.717) is 18.0 Å². The molecule has 1 heterocycles. The molecule has 0 N–H and O–H groups in total. The molecule has 1 saturated heterocycles. The molecule has 0 spiro atoms. The van der Waals surface area contributed by atoms with Crippen LogP contribution in [0.5, 0.6) is 11.5 Å². The first-order valence-electron chi connectivity index (χ1n) is 9.30. The molecular weight excluding hydrogens is 368 g/mol. The summed E-state index contributed by atoms with van der Waals surface area (Å²) in [6.45, 7) is 0.431. The van der Waals surface area contributed by atoms with Gasteiger partial charge in [-0.15, -0.1) is 5.06 Å². The number of methoxy groups -OCH3 is 2. The monoisotopic (exact) mass is 390 g/mol. The lowest BCUT2D eigenvalue weighted by molar-refractivity contribution is -0.0993. The van der Waals surface area contributed by atoms with E-state index in [-0.39, 0.29) is 0 Å². The van der Waals surface area contributed by atoms with Crippen LogP contribution in [0.2, 0.25) is 0 Å². The highest BCUT2D eigenvalue weighted by Gasteiger charge is 2.44. The minimum atomic E-state index is -0.518. The molecule has 0 bridgehead atoms. The number of hydrogen-bond acceptors (Lipinski definition) is 5. The Labute approximate surface area is 169 Å². The van der Waals surface area contributed by atoms with Crippen LogP contribution in [0.15, 0.2) is 78.9 Å². The predicted molar refractivity (Wildman–Crippen MR) is 110 cm³/mol. The van der Waals surface area contributed by atoms with Gasteiger partial charge < -0.3 is 14.3 Å². The Hall–Kier alpha value is -3.51. The summed E-state index contributed by atoms with van der Waals surface area (Å²) in [7, 11) is 3.18. The number of ether oxygens (including phenoxy) is 2. The molecule has 6 nitrogen and oxygen atoms in total. The Morgan fingerprint density at radius 3 is 2.21 bits per heavy atom. The zero-order valence-electron chi connectivity index (χ0n) is 16.3. The highest BCUT2D eigenvalue weighted by molar-refractivity contribution is 5.90.